The molecule has 4 rings (SSSR count). The summed E-state index contributed by atoms with van der Waals surface area (Å²) in [5.74, 6) is 1.90. The van der Waals surface area contributed by atoms with Gasteiger partial charge < -0.3 is 14.8 Å². The van der Waals surface area contributed by atoms with Crippen LogP contribution in [0.1, 0.15) is 31.4 Å². The highest BCUT2D eigenvalue weighted by atomic mass is 32.2. The Bertz CT molecular complexity index is 1180. The maximum Gasteiger partial charge on any atom is 0.211 e. The zero-order valence-electron chi connectivity index (χ0n) is 18.5. The van der Waals surface area contributed by atoms with Crippen molar-refractivity contribution in [2.24, 2.45) is 0 Å². The van der Waals surface area contributed by atoms with E-state index >= 15 is 0 Å². The van der Waals surface area contributed by atoms with E-state index < -0.39 is 10.0 Å². The van der Waals surface area contributed by atoms with E-state index in [1.807, 2.05) is 30.3 Å². The molecule has 1 aromatic heterocycles. The van der Waals surface area contributed by atoms with Crippen molar-refractivity contribution in [1.29, 1.82) is 0 Å². The predicted molar refractivity (Wildman–Crippen MR) is 125 cm³/mol. The molecule has 0 bridgehead atoms. The molecule has 1 fully saturated rings. The van der Waals surface area contributed by atoms with Gasteiger partial charge in [-0.3, -0.25) is 0 Å². The number of piperidine rings is 1. The molecule has 1 atom stereocenters. The van der Waals surface area contributed by atoms with Gasteiger partial charge in [0.2, 0.25) is 10.0 Å². The molecule has 3 aromatic rings. The molecule has 0 radical (unpaired) electrons. The van der Waals surface area contributed by atoms with Gasteiger partial charge in [-0.15, -0.1) is 0 Å². The number of nitrogens with one attached hydrogen (secondary N) is 1. The Hall–Kier alpha value is -2.91. The van der Waals surface area contributed by atoms with Gasteiger partial charge in [0.15, 0.2) is 11.5 Å². The number of hydrogen-bond donors (Lipinski definition) is 1. The van der Waals surface area contributed by atoms with Gasteiger partial charge >= 0.3 is 0 Å². The number of aromatic nitrogens is 2. The molecule has 170 valence electrons. The van der Waals surface area contributed by atoms with Gasteiger partial charge in [0.05, 0.1) is 18.9 Å². The fraction of sp³-hybridized carbons (Fsp3) is 0.391. The quantitative estimate of drug-likeness (QED) is 0.580. The lowest BCUT2D eigenvalue weighted by Gasteiger charge is -2.30. The maximum atomic E-state index is 11.8. The summed E-state index contributed by atoms with van der Waals surface area (Å²) < 4.78 is 36.8. The average molecular weight is 457 g/mol. The van der Waals surface area contributed by atoms with Crippen molar-refractivity contribution < 1.29 is 17.9 Å². The number of nitrogens with zero attached hydrogens (tertiary/aromatic N) is 3. The van der Waals surface area contributed by atoms with E-state index in [0.717, 1.165) is 16.5 Å². The lowest BCUT2D eigenvalue weighted by molar-refractivity contribution is 0.131. The summed E-state index contributed by atoms with van der Waals surface area (Å²) in [7, 11) is -1.58. The van der Waals surface area contributed by atoms with Gasteiger partial charge in [0.1, 0.15) is 18.2 Å². The number of fused-ring (bicyclic) bond motifs is 1. The third-order valence-corrected chi connectivity index (χ3v) is 7.04. The number of sulfonamides is 1. The van der Waals surface area contributed by atoms with Gasteiger partial charge in [0.25, 0.3) is 0 Å². The Kier molecular flexibility index (Phi) is 6.48. The van der Waals surface area contributed by atoms with Crippen LogP contribution in [-0.2, 0) is 10.0 Å². The lowest BCUT2D eigenvalue weighted by atomic mass is 10.1. The Morgan fingerprint density at radius 2 is 1.81 bits per heavy atom. The largest absolute Gasteiger partial charge is 0.493 e. The van der Waals surface area contributed by atoms with Crippen molar-refractivity contribution in [1.82, 2.24) is 14.3 Å². The maximum absolute atomic E-state index is 11.8. The Morgan fingerprint density at radius 3 is 2.47 bits per heavy atom. The molecule has 0 spiro atoms. The highest BCUT2D eigenvalue weighted by Gasteiger charge is 2.27. The molecule has 9 heteroatoms. The van der Waals surface area contributed by atoms with Gasteiger partial charge in [-0.05, 0) is 31.4 Å². The summed E-state index contributed by atoms with van der Waals surface area (Å²) in [6.45, 7) is 2.98. The highest BCUT2D eigenvalue weighted by Crippen LogP contribution is 2.36. The molecular weight excluding hydrogens is 428 g/mol. The first-order valence-corrected chi connectivity index (χ1v) is 12.5. The minimum absolute atomic E-state index is 0.0566. The summed E-state index contributed by atoms with van der Waals surface area (Å²) in [6.07, 6.45) is 3.92. The molecule has 1 aliphatic rings. The molecule has 1 saturated heterocycles. The third kappa shape index (κ3) is 4.94. The molecular formula is C23H28N4O4S. The minimum Gasteiger partial charge on any atom is -0.493 e. The minimum atomic E-state index is -3.18. The van der Waals surface area contributed by atoms with Crippen LogP contribution in [0.15, 0.2) is 48.8 Å². The Morgan fingerprint density at radius 1 is 1.09 bits per heavy atom. The number of rotatable bonds is 7. The molecule has 0 amide bonds. The van der Waals surface area contributed by atoms with Crippen LogP contribution >= 0.6 is 0 Å². The van der Waals surface area contributed by atoms with Crippen molar-refractivity contribution in [2.75, 3.05) is 31.8 Å². The van der Waals surface area contributed by atoms with Gasteiger partial charge in [-0.25, -0.2) is 22.7 Å². The second-order valence-electron chi connectivity index (χ2n) is 8.00. The number of anilines is 1. The molecule has 8 nitrogen and oxygen atoms in total. The second-order valence-corrected chi connectivity index (χ2v) is 9.98. The second kappa shape index (κ2) is 9.30. The van der Waals surface area contributed by atoms with Crippen LogP contribution in [0.25, 0.3) is 10.9 Å². The van der Waals surface area contributed by atoms with Crippen LogP contribution in [0.2, 0.25) is 0 Å². The Balaban J connectivity index is 1.58. The zero-order valence-corrected chi connectivity index (χ0v) is 19.3. The molecule has 0 saturated carbocycles. The molecule has 1 N–H and O–H groups in total. The van der Waals surface area contributed by atoms with Gasteiger partial charge in [-0.1, -0.05) is 30.3 Å². The van der Waals surface area contributed by atoms with Crippen LogP contribution in [0.5, 0.6) is 11.5 Å². The normalized spacial score (nSPS) is 16.6. The summed E-state index contributed by atoms with van der Waals surface area (Å²) in [5.41, 5.74) is 1.90. The number of hydrogen-bond acceptors (Lipinski definition) is 7. The van der Waals surface area contributed by atoms with Crippen LogP contribution < -0.4 is 14.8 Å². The molecule has 32 heavy (non-hydrogen) atoms. The first kappa shape index (κ1) is 22.3. The van der Waals surface area contributed by atoms with E-state index in [4.69, 9.17) is 9.47 Å². The molecule has 1 aliphatic heterocycles. The Labute approximate surface area is 188 Å². The first-order valence-electron chi connectivity index (χ1n) is 10.6. The highest BCUT2D eigenvalue weighted by molar-refractivity contribution is 7.88. The van der Waals surface area contributed by atoms with Crippen molar-refractivity contribution in [3.63, 3.8) is 0 Å². The monoisotopic (exact) mass is 456 g/mol. The summed E-state index contributed by atoms with van der Waals surface area (Å²) in [6, 6.07) is 14.0. The molecule has 2 aromatic carbocycles. The average Bonchev–Trinajstić information content (AvgIpc) is 2.79. The van der Waals surface area contributed by atoms with E-state index in [0.29, 0.717) is 43.2 Å². The molecule has 2 heterocycles. The van der Waals surface area contributed by atoms with E-state index in [1.54, 1.807) is 7.11 Å². The smallest absolute Gasteiger partial charge is 0.211 e. The van der Waals surface area contributed by atoms with Crippen LogP contribution in [0.4, 0.5) is 5.82 Å². The van der Waals surface area contributed by atoms with Crippen molar-refractivity contribution in [3.05, 3.63) is 54.4 Å². The number of methoxy groups -OCH3 is 1. The fourth-order valence-corrected chi connectivity index (χ4v) is 4.80. The van der Waals surface area contributed by atoms with Gasteiger partial charge in [0, 0.05) is 30.6 Å². The topological polar surface area (TPSA) is 93.7 Å². The van der Waals surface area contributed by atoms with Gasteiger partial charge in [-0.2, -0.15) is 0 Å². The molecule has 0 aliphatic carbocycles. The van der Waals surface area contributed by atoms with Crippen LogP contribution in [0.3, 0.4) is 0 Å². The standard InChI is InChI=1S/C23H28N4O4S/c1-16(17-7-5-4-6-8-17)26-23-19-13-22(21(30-2)14-20(19)24-15-25-23)31-18-9-11-27(12-10-18)32(3,28)29/h4-8,13-16,18H,9-12H2,1-3H3,(H,24,25,26)/t16-/m1/s1. The van der Waals surface area contributed by atoms with E-state index in [9.17, 15) is 8.42 Å². The first-order chi connectivity index (χ1) is 15.3. The third-order valence-electron chi connectivity index (χ3n) is 5.74. The van der Waals surface area contributed by atoms with E-state index in [1.165, 1.54) is 16.9 Å². The number of ether oxygens (including phenoxy) is 2. The van der Waals surface area contributed by atoms with Crippen molar-refractivity contribution in [2.45, 2.75) is 31.9 Å². The van der Waals surface area contributed by atoms with E-state index in [-0.39, 0.29) is 12.1 Å². The van der Waals surface area contributed by atoms with E-state index in [2.05, 4.69) is 34.3 Å². The zero-order chi connectivity index (χ0) is 22.7. The van der Waals surface area contributed by atoms with Crippen LogP contribution in [-0.4, -0.2) is 55.3 Å². The fourth-order valence-electron chi connectivity index (χ4n) is 3.92. The summed E-state index contributed by atoms with van der Waals surface area (Å²) in [5, 5.41) is 4.30. The van der Waals surface area contributed by atoms with Crippen molar-refractivity contribution in [3.8, 4) is 11.5 Å². The number of benzene rings is 2. The summed E-state index contributed by atoms with van der Waals surface area (Å²) in [4.78, 5) is 8.86. The van der Waals surface area contributed by atoms with Crippen molar-refractivity contribution >= 4 is 26.7 Å². The lowest BCUT2D eigenvalue weighted by Crippen LogP contribution is -2.41. The molecule has 0 unspecified atom stereocenters. The van der Waals surface area contributed by atoms with Crippen LogP contribution in [0, 0.1) is 0 Å². The SMILES string of the molecule is COc1cc2ncnc(N[C@H](C)c3ccccc3)c2cc1OC1CCN(S(C)(=O)=O)CC1. The summed E-state index contributed by atoms with van der Waals surface area (Å²) >= 11 is 0. The predicted octanol–water partition coefficient (Wildman–Crippen LogP) is 3.61.